The summed E-state index contributed by atoms with van der Waals surface area (Å²) in [4.78, 5) is 28.1. The van der Waals surface area contributed by atoms with Crippen LogP contribution in [-0.4, -0.2) is 62.9 Å². The molecule has 0 aliphatic carbocycles. The van der Waals surface area contributed by atoms with Crippen molar-refractivity contribution in [3.8, 4) is 6.01 Å². The van der Waals surface area contributed by atoms with E-state index in [1.807, 2.05) is 22.8 Å². The summed E-state index contributed by atoms with van der Waals surface area (Å²) in [5.74, 6) is -0.554. The summed E-state index contributed by atoms with van der Waals surface area (Å²) >= 11 is 5.81. The highest BCUT2D eigenvalue weighted by Gasteiger charge is 2.24. The predicted molar refractivity (Wildman–Crippen MR) is 146 cm³/mol. The molecule has 2 aliphatic heterocycles. The molecular formula is C29H29ClFN5O4. The number of piperidine rings is 1. The number of nitrogens with zero attached hydrogens (tertiary/aromatic N) is 5. The fraction of sp³-hybridized carbons (Fsp3) is 0.379. The lowest BCUT2D eigenvalue weighted by Gasteiger charge is -2.31. The van der Waals surface area contributed by atoms with Crippen LogP contribution in [0.3, 0.4) is 0 Å². The average molecular weight is 566 g/mol. The minimum atomic E-state index is -0.428. The van der Waals surface area contributed by atoms with E-state index in [9.17, 15) is 9.18 Å². The van der Waals surface area contributed by atoms with Gasteiger partial charge in [-0.05, 0) is 55.7 Å². The number of ether oxygens (including phenoxy) is 3. The van der Waals surface area contributed by atoms with Gasteiger partial charge in [0.05, 0.1) is 41.3 Å². The second kappa shape index (κ2) is 11.9. The van der Waals surface area contributed by atoms with Gasteiger partial charge in [0.2, 0.25) is 0 Å². The molecule has 0 bridgehead atoms. The lowest BCUT2D eigenvalue weighted by molar-refractivity contribution is -0.0586. The van der Waals surface area contributed by atoms with Crippen molar-refractivity contribution >= 4 is 28.6 Å². The van der Waals surface area contributed by atoms with E-state index in [1.165, 1.54) is 6.07 Å². The number of hydrogen-bond donors (Lipinski definition) is 0. The Labute approximate surface area is 235 Å². The van der Waals surface area contributed by atoms with Crippen LogP contribution in [0.4, 0.5) is 4.39 Å². The third kappa shape index (κ3) is 6.09. The van der Waals surface area contributed by atoms with Crippen molar-refractivity contribution in [2.45, 2.75) is 44.4 Å². The van der Waals surface area contributed by atoms with Crippen molar-refractivity contribution in [2.75, 3.05) is 26.4 Å². The smallest absolute Gasteiger partial charge is 0.339 e. The number of benzene rings is 2. The zero-order chi connectivity index (χ0) is 27.5. The molecule has 208 valence electrons. The number of fused-ring (bicyclic) bond motifs is 1. The fourth-order valence-corrected chi connectivity index (χ4v) is 5.16. The van der Waals surface area contributed by atoms with Gasteiger partial charge < -0.3 is 18.8 Å². The Morgan fingerprint density at radius 2 is 1.95 bits per heavy atom. The van der Waals surface area contributed by atoms with Gasteiger partial charge >= 0.3 is 12.0 Å². The highest BCUT2D eigenvalue weighted by molar-refractivity contribution is 6.30. The van der Waals surface area contributed by atoms with Gasteiger partial charge in [0, 0.05) is 42.4 Å². The molecule has 0 radical (unpaired) electrons. The van der Waals surface area contributed by atoms with Crippen molar-refractivity contribution < 1.29 is 23.4 Å². The summed E-state index contributed by atoms with van der Waals surface area (Å²) in [6, 6.07) is 12.0. The van der Waals surface area contributed by atoms with Gasteiger partial charge in [0.15, 0.2) is 0 Å². The largest absolute Gasteiger partial charge is 0.458 e. The van der Waals surface area contributed by atoms with Crippen LogP contribution in [0.2, 0.25) is 5.02 Å². The fourth-order valence-electron chi connectivity index (χ4n) is 5.00. The van der Waals surface area contributed by atoms with Crippen molar-refractivity contribution in [3.05, 3.63) is 82.6 Å². The quantitative estimate of drug-likeness (QED) is 0.262. The van der Waals surface area contributed by atoms with E-state index in [0.717, 1.165) is 62.2 Å². The topological polar surface area (TPSA) is 91.6 Å². The number of carbonyl (C=O) groups excluding carboxylic acids is 1. The van der Waals surface area contributed by atoms with Gasteiger partial charge in [-0.3, -0.25) is 4.90 Å². The third-order valence-electron chi connectivity index (χ3n) is 7.46. The predicted octanol–water partition coefficient (Wildman–Crippen LogP) is 4.98. The van der Waals surface area contributed by atoms with Gasteiger partial charge in [-0.15, -0.1) is 0 Å². The molecule has 4 heterocycles. The van der Waals surface area contributed by atoms with E-state index in [0.29, 0.717) is 16.1 Å². The summed E-state index contributed by atoms with van der Waals surface area (Å²) in [6.45, 7) is 3.30. The summed E-state index contributed by atoms with van der Waals surface area (Å²) in [5.41, 5.74) is 3.52. The summed E-state index contributed by atoms with van der Waals surface area (Å²) < 4.78 is 32.9. The van der Waals surface area contributed by atoms with E-state index in [4.69, 9.17) is 25.8 Å². The molecule has 11 heteroatoms. The second-order valence-electron chi connectivity index (χ2n) is 10.1. The first-order valence-electron chi connectivity index (χ1n) is 13.4. The van der Waals surface area contributed by atoms with Crippen LogP contribution >= 0.6 is 11.6 Å². The normalized spacial score (nSPS) is 18.0. The molecule has 2 saturated heterocycles. The average Bonchev–Trinajstić information content (AvgIpc) is 3.35. The Morgan fingerprint density at radius 3 is 2.73 bits per heavy atom. The monoisotopic (exact) mass is 565 g/mol. The molecule has 0 N–H and O–H groups in total. The molecule has 0 saturated carbocycles. The van der Waals surface area contributed by atoms with Crippen LogP contribution in [-0.2, 0) is 22.6 Å². The van der Waals surface area contributed by atoms with E-state index in [1.54, 1.807) is 30.7 Å². The molecule has 1 atom stereocenters. The van der Waals surface area contributed by atoms with E-state index >= 15 is 0 Å². The molecule has 0 spiro atoms. The summed E-state index contributed by atoms with van der Waals surface area (Å²) in [5, 5.41) is 0.334. The van der Waals surface area contributed by atoms with E-state index < -0.39 is 5.82 Å². The zero-order valence-corrected chi connectivity index (χ0v) is 22.6. The van der Waals surface area contributed by atoms with Crippen LogP contribution in [0, 0.1) is 5.82 Å². The Balaban J connectivity index is 0.993. The number of halogens is 2. The van der Waals surface area contributed by atoms with Crippen molar-refractivity contribution in [2.24, 2.45) is 0 Å². The van der Waals surface area contributed by atoms with E-state index in [-0.39, 0.29) is 37.3 Å². The molecule has 0 unspecified atom stereocenters. The number of esters is 1. The number of aromatic nitrogens is 4. The molecular weight excluding hydrogens is 537 g/mol. The molecule has 6 rings (SSSR count). The molecule has 40 heavy (non-hydrogen) atoms. The van der Waals surface area contributed by atoms with Gasteiger partial charge in [0.25, 0.3) is 0 Å². The van der Waals surface area contributed by atoms with Crippen LogP contribution in [0.25, 0.3) is 11.0 Å². The maximum atomic E-state index is 14.0. The summed E-state index contributed by atoms with van der Waals surface area (Å²) in [7, 11) is 0. The SMILES string of the molecule is O=C(OCN1CCC(c2ccnc(OCc3ccc(Cl)cc3F)n2)CC1)c1ccc2ncn(C[C@@H]3CCO3)c2c1. The highest BCUT2D eigenvalue weighted by Crippen LogP contribution is 2.28. The summed E-state index contributed by atoms with van der Waals surface area (Å²) in [6.07, 6.45) is 6.40. The molecule has 2 aliphatic rings. The van der Waals surface area contributed by atoms with Crippen molar-refractivity contribution in [1.82, 2.24) is 24.4 Å². The maximum Gasteiger partial charge on any atom is 0.339 e. The Kier molecular flexibility index (Phi) is 7.90. The van der Waals surface area contributed by atoms with Crippen LogP contribution in [0.5, 0.6) is 6.01 Å². The first-order valence-corrected chi connectivity index (χ1v) is 13.8. The first kappa shape index (κ1) is 26.6. The van der Waals surface area contributed by atoms with Crippen molar-refractivity contribution in [3.63, 3.8) is 0 Å². The minimum absolute atomic E-state index is 0.0144. The lowest BCUT2D eigenvalue weighted by Crippen LogP contribution is -2.35. The lowest BCUT2D eigenvalue weighted by atomic mass is 9.93. The molecule has 2 fully saturated rings. The Morgan fingerprint density at radius 1 is 1.10 bits per heavy atom. The van der Waals surface area contributed by atoms with Crippen LogP contribution in [0.1, 0.15) is 46.8 Å². The Hall–Kier alpha value is -3.60. The van der Waals surface area contributed by atoms with Crippen LogP contribution < -0.4 is 4.74 Å². The molecule has 0 amide bonds. The van der Waals surface area contributed by atoms with Gasteiger partial charge in [-0.2, -0.15) is 4.98 Å². The maximum absolute atomic E-state index is 14.0. The minimum Gasteiger partial charge on any atom is -0.458 e. The molecule has 2 aromatic heterocycles. The number of likely N-dealkylation sites (tertiary alicyclic amines) is 1. The number of carbonyl (C=O) groups is 1. The highest BCUT2D eigenvalue weighted by atomic mass is 35.5. The van der Waals surface area contributed by atoms with Crippen LogP contribution in [0.15, 0.2) is 55.0 Å². The Bertz CT molecular complexity index is 1500. The first-order chi connectivity index (χ1) is 19.5. The number of imidazole rings is 1. The van der Waals surface area contributed by atoms with Gasteiger partial charge in [-0.1, -0.05) is 17.7 Å². The van der Waals surface area contributed by atoms with Gasteiger partial charge in [-0.25, -0.2) is 19.2 Å². The third-order valence-corrected chi connectivity index (χ3v) is 7.70. The number of hydrogen-bond acceptors (Lipinski definition) is 8. The molecule has 9 nitrogen and oxygen atoms in total. The van der Waals surface area contributed by atoms with Crippen molar-refractivity contribution in [1.29, 1.82) is 0 Å². The molecule has 2 aromatic carbocycles. The zero-order valence-electron chi connectivity index (χ0n) is 21.8. The molecule has 4 aromatic rings. The van der Waals surface area contributed by atoms with E-state index in [2.05, 4.69) is 19.9 Å². The standard InChI is InChI=1S/C29H29ClFN5O4/c30-22-3-1-21(24(31)14-22)16-39-29-32-9-5-25(34-29)19-6-10-35(11-7-19)18-40-28(37)20-2-4-26-27(13-20)36(17-33-26)15-23-8-12-38-23/h1-5,9,13-14,17,19,23H,6-8,10-12,15-16,18H2/t23-/m0/s1. The van der Waals surface area contributed by atoms with Gasteiger partial charge in [0.1, 0.15) is 19.2 Å². The number of rotatable bonds is 9. The second-order valence-corrected chi connectivity index (χ2v) is 10.6.